The van der Waals surface area contributed by atoms with Gasteiger partial charge in [0.05, 0.1) is 17.2 Å². The van der Waals surface area contributed by atoms with Crippen molar-refractivity contribution in [1.29, 1.82) is 0 Å². The van der Waals surface area contributed by atoms with E-state index >= 15 is 0 Å². The van der Waals surface area contributed by atoms with E-state index in [1.165, 1.54) is 17.7 Å². The highest BCUT2D eigenvalue weighted by molar-refractivity contribution is 7.93. The first-order valence-corrected chi connectivity index (χ1v) is 12.5. The van der Waals surface area contributed by atoms with E-state index in [0.29, 0.717) is 18.7 Å². The standard InChI is InChI=1S/C27H31NO4S/c1-21-12-16-23(17-13-21)28(33(30,31)25-9-6-5-7-10-25)26(29)11-8-20-32-24-18-14-22(15-19-24)27(2,3)4/h5-7,9-10,12-19H,8,11,20H2,1-4H3. The molecule has 0 N–H and O–H groups in total. The molecule has 3 aromatic rings. The third-order valence-corrected chi connectivity index (χ3v) is 7.06. The van der Waals surface area contributed by atoms with Gasteiger partial charge in [-0.05, 0) is 60.7 Å². The van der Waals surface area contributed by atoms with E-state index in [1.54, 1.807) is 42.5 Å². The van der Waals surface area contributed by atoms with Crippen molar-refractivity contribution in [3.8, 4) is 5.75 Å². The largest absolute Gasteiger partial charge is 0.494 e. The lowest BCUT2D eigenvalue weighted by atomic mass is 9.87. The molecule has 0 aromatic heterocycles. The molecule has 0 saturated carbocycles. The average molecular weight is 466 g/mol. The Bertz CT molecular complexity index is 1160. The van der Waals surface area contributed by atoms with E-state index in [0.717, 1.165) is 15.6 Å². The minimum absolute atomic E-state index is 0.0417. The molecule has 0 aliphatic rings. The summed E-state index contributed by atoms with van der Waals surface area (Å²) < 4.78 is 33.3. The summed E-state index contributed by atoms with van der Waals surface area (Å²) in [5, 5.41) is 0. The highest BCUT2D eigenvalue weighted by Gasteiger charge is 2.30. The SMILES string of the molecule is Cc1ccc(N(C(=O)CCCOc2ccc(C(C)(C)C)cc2)S(=O)(=O)c2ccccc2)cc1. The van der Waals surface area contributed by atoms with E-state index in [-0.39, 0.29) is 16.7 Å². The van der Waals surface area contributed by atoms with Gasteiger partial charge >= 0.3 is 0 Å². The molecule has 0 unspecified atom stereocenters. The van der Waals surface area contributed by atoms with E-state index in [2.05, 4.69) is 20.8 Å². The number of ether oxygens (including phenoxy) is 1. The molecule has 0 atom stereocenters. The predicted molar refractivity (Wildman–Crippen MR) is 132 cm³/mol. The van der Waals surface area contributed by atoms with Gasteiger partial charge in [0, 0.05) is 6.42 Å². The molecular weight excluding hydrogens is 434 g/mol. The van der Waals surface area contributed by atoms with E-state index < -0.39 is 15.9 Å². The van der Waals surface area contributed by atoms with Crippen LogP contribution in [0.2, 0.25) is 0 Å². The van der Waals surface area contributed by atoms with Crippen molar-refractivity contribution < 1.29 is 17.9 Å². The van der Waals surface area contributed by atoms with Gasteiger partial charge in [0.15, 0.2) is 0 Å². The number of benzene rings is 3. The van der Waals surface area contributed by atoms with Crippen LogP contribution in [0.1, 0.15) is 44.7 Å². The van der Waals surface area contributed by atoms with Crippen LogP contribution >= 0.6 is 0 Å². The molecule has 1 amide bonds. The van der Waals surface area contributed by atoms with Crippen molar-refractivity contribution in [2.24, 2.45) is 0 Å². The van der Waals surface area contributed by atoms with E-state index in [4.69, 9.17) is 4.74 Å². The number of carbonyl (C=O) groups is 1. The predicted octanol–water partition coefficient (Wildman–Crippen LogP) is 5.87. The second-order valence-corrected chi connectivity index (χ2v) is 10.8. The molecule has 33 heavy (non-hydrogen) atoms. The summed E-state index contributed by atoms with van der Waals surface area (Å²) in [6.07, 6.45) is 0.437. The first kappa shape index (κ1) is 24.5. The second kappa shape index (κ2) is 10.2. The Balaban J connectivity index is 1.70. The van der Waals surface area contributed by atoms with Gasteiger partial charge in [-0.2, -0.15) is 0 Å². The number of anilines is 1. The van der Waals surface area contributed by atoms with Gasteiger partial charge in [-0.15, -0.1) is 0 Å². The second-order valence-electron chi connectivity index (χ2n) is 9.04. The fourth-order valence-electron chi connectivity index (χ4n) is 3.36. The Kier molecular flexibility index (Phi) is 7.59. The van der Waals surface area contributed by atoms with Crippen LogP contribution in [0.5, 0.6) is 5.75 Å². The van der Waals surface area contributed by atoms with Crippen LogP contribution in [0.15, 0.2) is 83.8 Å². The van der Waals surface area contributed by atoms with Crippen molar-refractivity contribution in [2.75, 3.05) is 10.9 Å². The molecule has 3 aromatic carbocycles. The molecular formula is C27H31NO4S. The van der Waals surface area contributed by atoms with Gasteiger partial charge in [0.1, 0.15) is 5.75 Å². The van der Waals surface area contributed by atoms with Crippen LogP contribution in [0.25, 0.3) is 0 Å². The zero-order chi connectivity index (χ0) is 24.1. The summed E-state index contributed by atoms with van der Waals surface area (Å²) in [6, 6.07) is 22.8. The summed E-state index contributed by atoms with van der Waals surface area (Å²) in [4.78, 5) is 13.2. The maximum atomic E-state index is 13.3. The van der Waals surface area contributed by atoms with Gasteiger partial charge in [0.25, 0.3) is 10.0 Å². The quantitative estimate of drug-likeness (QED) is 0.390. The van der Waals surface area contributed by atoms with Crippen LogP contribution < -0.4 is 9.04 Å². The van der Waals surface area contributed by atoms with Crippen molar-refractivity contribution in [2.45, 2.75) is 50.8 Å². The Morgan fingerprint density at radius 3 is 2.06 bits per heavy atom. The average Bonchev–Trinajstić information content (AvgIpc) is 2.78. The number of rotatable bonds is 8. The number of aryl methyl sites for hydroxylation is 1. The maximum Gasteiger partial charge on any atom is 0.270 e. The Morgan fingerprint density at radius 2 is 1.48 bits per heavy atom. The molecule has 3 rings (SSSR count). The highest BCUT2D eigenvalue weighted by Crippen LogP contribution is 2.26. The number of nitrogens with zero attached hydrogens (tertiary/aromatic N) is 1. The van der Waals surface area contributed by atoms with Crippen molar-refractivity contribution in [3.05, 3.63) is 90.0 Å². The Hall–Kier alpha value is -3.12. The minimum atomic E-state index is -4.03. The summed E-state index contributed by atoms with van der Waals surface area (Å²) in [5.74, 6) is 0.233. The summed E-state index contributed by atoms with van der Waals surface area (Å²) in [6.45, 7) is 8.67. The fraction of sp³-hybridized carbons (Fsp3) is 0.296. The minimum Gasteiger partial charge on any atom is -0.494 e. The van der Waals surface area contributed by atoms with Gasteiger partial charge in [-0.3, -0.25) is 4.79 Å². The number of hydrogen-bond donors (Lipinski definition) is 0. The molecule has 0 radical (unpaired) electrons. The van der Waals surface area contributed by atoms with Crippen LogP contribution in [-0.4, -0.2) is 20.9 Å². The van der Waals surface area contributed by atoms with Crippen LogP contribution in [0, 0.1) is 6.92 Å². The lowest BCUT2D eigenvalue weighted by Crippen LogP contribution is -2.37. The first-order valence-electron chi connectivity index (χ1n) is 11.0. The van der Waals surface area contributed by atoms with Crippen molar-refractivity contribution in [1.82, 2.24) is 0 Å². The molecule has 0 bridgehead atoms. The molecule has 0 spiro atoms. The highest BCUT2D eigenvalue weighted by atomic mass is 32.2. The zero-order valence-corrected chi connectivity index (χ0v) is 20.4. The number of hydrogen-bond acceptors (Lipinski definition) is 4. The summed E-state index contributed by atoms with van der Waals surface area (Å²) >= 11 is 0. The zero-order valence-electron chi connectivity index (χ0n) is 19.6. The smallest absolute Gasteiger partial charge is 0.270 e. The van der Waals surface area contributed by atoms with Gasteiger partial charge in [-0.25, -0.2) is 12.7 Å². The third-order valence-electron chi connectivity index (χ3n) is 5.30. The lowest BCUT2D eigenvalue weighted by molar-refractivity contribution is -0.117. The van der Waals surface area contributed by atoms with Gasteiger partial charge < -0.3 is 4.74 Å². The first-order chi connectivity index (χ1) is 15.6. The molecule has 5 nitrogen and oxygen atoms in total. The number of sulfonamides is 1. The molecule has 0 heterocycles. The van der Waals surface area contributed by atoms with E-state index in [9.17, 15) is 13.2 Å². The van der Waals surface area contributed by atoms with Gasteiger partial charge in [-0.1, -0.05) is 68.8 Å². The number of carbonyl (C=O) groups excluding carboxylic acids is 1. The molecule has 6 heteroatoms. The monoisotopic (exact) mass is 465 g/mol. The molecule has 0 aliphatic heterocycles. The van der Waals surface area contributed by atoms with Crippen LogP contribution in [0.4, 0.5) is 5.69 Å². The maximum absolute atomic E-state index is 13.3. The van der Waals surface area contributed by atoms with Crippen molar-refractivity contribution in [3.63, 3.8) is 0 Å². The molecule has 0 saturated heterocycles. The van der Waals surface area contributed by atoms with Crippen LogP contribution in [-0.2, 0) is 20.2 Å². The third kappa shape index (κ3) is 6.23. The van der Waals surface area contributed by atoms with Crippen molar-refractivity contribution >= 4 is 21.6 Å². The fourth-order valence-corrected chi connectivity index (χ4v) is 4.83. The summed E-state index contributed by atoms with van der Waals surface area (Å²) in [5.41, 5.74) is 2.58. The summed E-state index contributed by atoms with van der Waals surface area (Å²) in [7, 11) is -4.03. The topological polar surface area (TPSA) is 63.7 Å². The van der Waals surface area contributed by atoms with Gasteiger partial charge in [0.2, 0.25) is 5.91 Å². The lowest BCUT2D eigenvalue weighted by Gasteiger charge is -2.23. The van der Waals surface area contributed by atoms with Crippen LogP contribution in [0.3, 0.4) is 0 Å². The molecule has 0 fully saturated rings. The molecule has 174 valence electrons. The normalized spacial score (nSPS) is 11.8. The van der Waals surface area contributed by atoms with E-state index in [1.807, 2.05) is 31.2 Å². The number of amides is 1. The Morgan fingerprint density at radius 1 is 0.879 bits per heavy atom. The Labute approximate surface area is 197 Å². The molecule has 0 aliphatic carbocycles.